The van der Waals surface area contributed by atoms with Crippen LogP contribution in [0.5, 0.6) is 0 Å². The smallest absolute Gasteiger partial charge is 0.371 e. The SMILES string of the molecule is C=C(CCCCCC)[Si](OCC)(OCC)OCC. The van der Waals surface area contributed by atoms with Crippen LogP contribution >= 0.6 is 0 Å². The third-order valence-corrected chi connectivity index (χ3v) is 5.89. The second-order valence-electron chi connectivity index (χ2n) is 4.27. The monoisotopic (exact) mass is 274 g/mol. The minimum Gasteiger partial charge on any atom is -0.371 e. The third-order valence-electron chi connectivity index (χ3n) is 2.77. The zero-order chi connectivity index (χ0) is 13.9. The summed E-state index contributed by atoms with van der Waals surface area (Å²) in [7, 11) is -2.65. The highest BCUT2D eigenvalue weighted by atomic mass is 28.4. The summed E-state index contributed by atoms with van der Waals surface area (Å²) in [4.78, 5) is 0. The molecule has 0 aromatic carbocycles. The topological polar surface area (TPSA) is 27.7 Å². The van der Waals surface area contributed by atoms with E-state index < -0.39 is 8.80 Å². The highest BCUT2D eigenvalue weighted by molar-refractivity contribution is 6.68. The molecule has 0 atom stereocenters. The average molecular weight is 274 g/mol. The lowest BCUT2D eigenvalue weighted by molar-refractivity contribution is 0.0798. The summed E-state index contributed by atoms with van der Waals surface area (Å²) in [5.41, 5.74) is 0. The molecule has 0 heterocycles. The molecule has 0 radical (unpaired) electrons. The quantitative estimate of drug-likeness (QED) is 0.396. The Bertz CT molecular complexity index is 202. The Labute approximate surface area is 114 Å². The molecule has 3 nitrogen and oxygen atoms in total. The molecule has 0 aromatic heterocycles. The van der Waals surface area contributed by atoms with Crippen molar-refractivity contribution in [3.05, 3.63) is 11.8 Å². The van der Waals surface area contributed by atoms with Gasteiger partial charge in [0.2, 0.25) is 0 Å². The zero-order valence-corrected chi connectivity index (χ0v) is 13.6. The normalized spacial score (nSPS) is 11.8. The van der Waals surface area contributed by atoms with E-state index in [2.05, 4.69) is 13.5 Å². The summed E-state index contributed by atoms with van der Waals surface area (Å²) in [5, 5.41) is 1.03. The minimum absolute atomic E-state index is 0.611. The van der Waals surface area contributed by atoms with Crippen molar-refractivity contribution in [1.29, 1.82) is 0 Å². The minimum atomic E-state index is -2.65. The second kappa shape index (κ2) is 10.7. The van der Waals surface area contributed by atoms with Gasteiger partial charge in [-0.2, -0.15) is 0 Å². The van der Waals surface area contributed by atoms with Gasteiger partial charge in [0.1, 0.15) is 0 Å². The second-order valence-corrected chi connectivity index (χ2v) is 6.95. The Hall–Kier alpha value is -0.163. The summed E-state index contributed by atoms with van der Waals surface area (Å²) in [6, 6.07) is 0. The standard InChI is InChI=1S/C14H30O3Si/c1-6-10-11-12-13-14(5)18(15-7-2,16-8-3)17-9-4/h5-13H2,1-4H3. The van der Waals surface area contributed by atoms with Gasteiger partial charge in [-0.3, -0.25) is 0 Å². The van der Waals surface area contributed by atoms with Crippen molar-refractivity contribution in [1.82, 2.24) is 0 Å². The van der Waals surface area contributed by atoms with Crippen LogP contribution in [-0.4, -0.2) is 28.6 Å². The number of hydrogen-bond donors (Lipinski definition) is 0. The molecule has 0 saturated carbocycles. The molecule has 4 heteroatoms. The van der Waals surface area contributed by atoms with Gasteiger partial charge >= 0.3 is 8.80 Å². The van der Waals surface area contributed by atoms with E-state index in [0.29, 0.717) is 19.8 Å². The van der Waals surface area contributed by atoms with Gasteiger partial charge in [-0.15, -0.1) is 0 Å². The van der Waals surface area contributed by atoms with E-state index >= 15 is 0 Å². The van der Waals surface area contributed by atoms with Gasteiger partial charge in [-0.05, 0) is 38.8 Å². The lowest BCUT2D eigenvalue weighted by atomic mass is 10.1. The van der Waals surface area contributed by atoms with Crippen molar-refractivity contribution >= 4 is 8.80 Å². The molecule has 108 valence electrons. The number of hydrogen-bond acceptors (Lipinski definition) is 3. The van der Waals surface area contributed by atoms with Gasteiger partial charge in [-0.25, -0.2) is 0 Å². The predicted octanol–water partition coefficient (Wildman–Crippen LogP) is 4.10. The van der Waals surface area contributed by atoms with Gasteiger partial charge in [0.25, 0.3) is 0 Å². The van der Waals surface area contributed by atoms with E-state index in [1.807, 2.05) is 20.8 Å². The van der Waals surface area contributed by atoms with Crippen LogP contribution in [0.1, 0.15) is 59.8 Å². The molecule has 0 fully saturated rings. The Morgan fingerprint density at radius 2 is 1.33 bits per heavy atom. The molecule has 0 amide bonds. The van der Waals surface area contributed by atoms with E-state index in [1.165, 1.54) is 19.3 Å². The first-order valence-electron chi connectivity index (χ1n) is 7.26. The molecule has 0 N–H and O–H groups in total. The van der Waals surface area contributed by atoms with Crippen LogP contribution in [0.3, 0.4) is 0 Å². The van der Waals surface area contributed by atoms with Crippen molar-refractivity contribution in [2.75, 3.05) is 19.8 Å². The zero-order valence-electron chi connectivity index (χ0n) is 12.6. The fourth-order valence-electron chi connectivity index (χ4n) is 1.92. The lowest BCUT2D eigenvalue weighted by Crippen LogP contribution is -2.48. The van der Waals surface area contributed by atoms with Gasteiger partial charge in [0, 0.05) is 19.8 Å². The Morgan fingerprint density at radius 1 is 0.833 bits per heavy atom. The van der Waals surface area contributed by atoms with E-state index in [0.717, 1.165) is 18.0 Å². The average Bonchev–Trinajstić information content (AvgIpc) is 2.35. The van der Waals surface area contributed by atoms with Crippen LogP contribution in [0.15, 0.2) is 11.8 Å². The molecule has 0 spiro atoms. The van der Waals surface area contributed by atoms with Crippen molar-refractivity contribution in [3.8, 4) is 0 Å². The van der Waals surface area contributed by atoms with Crippen molar-refractivity contribution < 1.29 is 13.3 Å². The van der Waals surface area contributed by atoms with Gasteiger partial charge in [-0.1, -0.05) is 32.8 Å². The molecule has 18 heavy (non-hydrogen) atoms. The van der Waals surface area contributed by atoms with Crippen LogP contribution < -0.4 is 0 Å². The third kappa shape index (κ3) is 6.14. The number of rotatable bonds is 12. The lowest BCUT2D eigenvalue weighted by Gasteiger charge is -2.30. The first kappa shape index (κ1) is 17.8. The highest BCUT2D eigenvalue weighted by Crippen LogP contribution is 2.23. The Kier molecular flexibility index (Phi) is 10.6. The molecular formula is C14H30O3Si. The summed E-state index contributed by atoms with van der Waals surface area (Å²) in [6.07, 6.45) is 5.86. The summed E-state index contributed by atoms with van der Waals surface area (Å²) in [6.45, 7) is 14.1. The van der Waals surface area contributed by atoms with Crippen LogP contribution in [0.2, 0.25) is 0 Å². The first-order chi connectivity index (χ1) is 8.66. The number of allylic oxidation sites excluding steroid dienone is 1. The van der Waals surface area contributed by atoms with E-state index in [4.69, 9.17) is 13.3 Å². The van der Waals surface area contributed by atoms with E-state index in [-0.39, 0.29) is 0 Å². The molecule has 0 aliphatic heterocycles. The molecule has 0 aliphatic rings. The van der Waals surface area contributed by atoms with Crippen LogP contribution in [0.4, 0.5) is 0 Å². The molecule has 0 aliphatic carbocycles. The van der Waals surface area contributed by atoms with Crippen molar-refractivity contribution in [3.63, 3.8) is 0 Å². The molecule has 0 unspecified atom stereocenters. The van der Waals surface area contributed by atoms with Gasteiger partial charge in [0.15, 0.2) is 0 Å². The first-order valence-corrected chi connectivity index (χ1v) is 8.99. The molecule has 0 bridgehead atoms. The Morgan fingerprint density at radius 3 is 1.72 bits per heavy atom. The predicted molar refractivity (Wildman–Crippen MR) is 78.5 cm³/mol. The van der Waals surface area contributed by atoms with Gasteiger partial charge in [0.05, 0.1) is 0 Å². The fraction of sp³-hybridized carbons (Fsp3) is 0.857. The van der Waals surface area contributed by atoms with Crippen LogP contribution in [0.25, 0.3) is 0 Å². The summed E-state index contributed by atoms with van der Waals surface area (Å²) in [5.74, 6) is 0. The molecule has 0 aromatic rings. The maximum absolute atomic E-state index is 5.82. The van der Waals surface area contributed by atoms with Gasteiger partial charge < -0.3 is 13.3 Å². The largest absolute Gasteiger partial charge is 0.532 e. The summed E-state index contributed by atoms with van der Waals surface area (Å²) < 4.78 is 17.5. The Balaban J connectivity index is 4.45. The highest BCUT2D eigenvalue weighted by Gasteiger charge is 2.43. The molecule has 0 rings (SSSR count). The summed E-state index contributed by atoms with van der Waals surface area (Å²) >= 11 is 0. The van der Waals surface area contributed by atoms with Crippen molar-refractivity contribution in [2.24, 2.45) is 0 Å². The number of unbranched alkanes of at least 4 members (excludes halogenated alkanes) is 3. The van der Waals surface area contributed by atoms with Crippen LogP contribution in [0, 0.1) is 0 Å². The molecule has 0 saturated heterocycles. The van der Waals surface area contributed by atoms with E-state index in [9.17, 15) is 0 Å². The van der Waals surface area contributed by atoms with E-state index in [1.54, 1.807) is 0 Å². The fourth-order valence-corrected chi connectivity index (χ4v) is 4.40. The maximum Gasteiger partial charge on any atom is 0.532 e. The van der Waals surface area contributed by atoms with Crippen molar-refractivity contribution in [2.45, 2.75) is 59.8 Å². The maximum atomic E-state index is 5.82. The molecular weight excluding hydrogens is 244 g/mol. The van der Waals surface area contributed by atoms with Crippen LogP contribution in [-0.2, 0) is 13.3 Å².